The minimum absolute atomic E-state index is 0.00207. The van der Waals surface area contributed by atoms with Gasteiger partial charge in [0.1, 0.15) is 17.6 Å². The number of aromatic nitrogens is 2. The van der Waals surface area contributed by atoms with Crippen LogP contribution in [0.2, 0.25) is 0 Å². The lowest BCUT2D eigenvalue weighted by Gasteiger charge is -2.13. The highest BCUT2D eigenvalue weighted by molar-refractivity contribution is 6.20. The van der Waals surface area contributed by atoms with Crippen molar-refractivity contribution in [3.8, 4) is 0 Å². The molecule has 1 aliphatic heterocycles. The zero-order valence-electron chi connectivity index (χ0n) is 14.7. The first-order valence-electron chi connectivity index (χ1n) is 8.60. The smallest absolute Gasteiger partial charge is 0.352 e. The first kappa shape index (κ1) is 16.9. The Kier molecular flexibility index (Phi) is 3.56. The lowest BCUT2D eigenvalue weighted by molar-refractivity contribution is -0.169. The minimum Gasteiger partial charge on any atom is -0.448 e. The Morgan fingerprint density at radius 3 is 2.34 bits per heavy atom. The van der Waals surface area contributed by atoms with Crippen LogP contribution in [0, 0.1) is 0 Å². The quantitative estimate of drug-likeness (QED) is 0.492. The number of amides is 2. The molecule has 29 heavy (non-hydrogen) atoms. The van der Waals surface area contributed by atoms with E-state index in [1.165, 1.54) is 18.5 Å². The molecule has 0 bridgehead atoms. The molecule has 142 valence electrons. The third-order valence-electron chi connectivity index (χ3n) is 4.60. The Hall–Kier alpha value is -4.27. The largest absolute Gasteiger partial charge is 0.448 e. The van der Waals surface area contributed by atoms with Gasteiger partial charge in [0.25, 0.3) is 17.4 Å². The van der Waals surface area contributed by atoms with Crippen LogP contribution in [0.3, 0.4) is 0 Å². The first-order valence-corrected chi connectivity index (χ1v) is 8.60. The predicted octanol–water partition coefficient (Wildman–Crippen LogP) is 1.90. The molecule has 0 saturated carbocycles. The van der Waals surface area contributed by atoms with Crippen LogP contribution >= 0.6 is 0 Å². The number of fused-ring (bicyclic) bond motifs is 4. The van der Waals surface area contributed by atoms with Crippen molar-refractivity contribution >= 4 is 39.9 Å². The fourth-order valence-corrected chi connectivity index (χ4v) is 3.25. The molecule has 5 rings (SSSR count). The van der Waals surface area contributed by atoms with Crippen LogP contribution in [0.15, 0.2) is 64.1 Å². The number of nitrogens with zero attached hydrogens (tertiary/aromatic N) is 3. The lowest BCUT2D eigenvalue weighted by atomic mass is 10.1. The fourth-order valence-electron chi connectivity index (χ4n) is 3.25. The monoisotopic (exact) mass is 389 g/mol. The molecule has 4 aromatic rings. The van der Waals surface area contributed by atoms with Crippen molar-refractivity contribution in [3.05, 3.63) is 76.3 Å². The number of benzene rings is 2. The van der Waals surface area contributed by atoms with Crippen molar-refractivity contribution in [2.75, 3.05) is 0 Å². The van der Waals surface area contributed by atoms with Crippen LogP contribution in [-0.4, -0.2) is 32.4 Å². The van der Waals surface area contributed by atoms with Crippen LogP contribution in [-0.2, 0) is 16.2 Å². The maximum atomic E-state index is 12.7. The summed E-state index contributed by atoms with van der Waals surface area (Å²) in [6.45, 7) is -0.549. The predicted molar refractivity (Wildman–Crippen MR) is 98.8 cm³/mol. The molecule has 0 atom stereocenters. The maximum Gasteiger partial charge on any atom is 0.352 e. The summed E-state index contributed by atoms with van der Waals surface area (Å²) < 4.78 is 6.54. The van der Waals surface area contributed by atoms with Gasteiger partial charge in [-0.15, -0.1) is 0 Å². The zero-order chi connectivity index (χ0) is 20.1. The molecule has 0 radical (unpaired) electrons. The second kappa shape index (κ2) is 6.13. The standard InChI is InChI=1S/C20H11N3O6/c24-15(29-23-18(25)11-5-1-2-6-12(11)19(23)26)9-22-10-21-16-13-7-3-4-8-14(13)28-17(16)20(22)27/h1-8,10H,9H2. The summed E-state index contributed by atoms with van der Waals surface area (Å²) in [4.78, 5) is 58.6. The summed E-state index contributed by atoms with van der Waals surface area (Å²) in [5.41, 5.74) is 0.599. The summed E-state index contributed by atoms with van der Waals surface area (Å²) in [6, 6.07) is 13.2. The second-order valence-corrected chi connectivity index (χ2v) is 6.37. The molecule has 9 heteroatoms. The van der Waals surface area contributed by atoms with Gasteiger partial charge in [0.05, 0.1) is 17.5 Å². The van der Waals surface area contributed by atoms with Crippen molar-refractivity contribution in [3.63, 3.8) is 0 Å². The number of carbonyl (C=O) groups excluding carboxylic acids is 3. The highest BCUT2D eigenvalue weighted by atomic mass is 16.7. The summed E-state index contributed by atoms with van der Waals surface area (Å²) in [5.74, 6) is -2.45. The Morgan fingerprint density at radius 1 is 0.966 bits per heavy atom. The van der Waals surface area contributed by atoms with E-state index in [1.54, 1.807) is 36.4 Å². The molecule has 2 amide bonds. The van der Waals surface area contributed by atoms with Gasteiger partial charge in [0, 0.05) is 5.39 Å². The zero-order valence-corrected chi connectivity index (χ0v) is 14.7. The summed E-state index contributed by atoms with van der Waals surface area (Å²) in [6.07, 6.45) is 1.19. The molecular formula is C20H11N3O6. The summed E-state index contributed by atoms with van der Waals surface area (Å²) >= 11 is 0. The van der Waals surface area contributed by atoms with Crippen molar-refractivity contribution in [2.24, 2.45) is 0 Å². The van der Waals surface area contributed by atoms with Gasteiger partial charge in [-0.25, -0.2) is 9.78 Å². The van der Waals surface area contributed by atoms with Gasteiger partial charge in [0.2, 0.25) is 5.58 Å². The van der Waals surface area contributed by atoms with Gasteiger partial charge >= 0.3 is 5.97 Å². The van der Waals surface area contributed by atoms with E-state index >= 15 is 0 Å². The molecule has 0 N–H and O–H groups in total. The molecule has 2 aromatic carbocycles. The number of imide groups is 1. The van der Waals surface area contributed by atoms with Crippen molar-refractivity contribution < 1.29 is 23.6 Å². The molecule has 9 nitrogen and oxygen atoms in total. The number of furan rings is 1. The van der Waals surface area contributed by atoms with Crippen LogP contribution in [0.1, 0.15) is 20.7 Å². The van der Waals surface area contributed by atoms with Gasteiger partial charge in [0.15, 0.2) is 0 Å². The fraction of sp³-hybridized carbons (Fsp3) is 0.0500. The lowest BCUT2D eigenvalue weighted by Crippen LogP contribution is -2.35. The van der Waals surface area contributed by atoms with Gasteiger partial charge in [-0.1, -0.05) is 29.3 Å². The average Bonchev–Trinajstić information content (AvgIpc) is 3.22. The van der Waals surface area contributed by atoms with Gasteiger partial charge in [-0.3, -0.25) is 19.0 Å². The van der Waals surface area contributed by atoms with Crippen LogP contribution in [0.25, 0.3) is 22.1 Å². The number of hydroxylamine groups is 2. The number of para-hydroxylation sites is 1. The molecule has 0 saturated heterocycles. The Bertz CT molecular complexity index is 1370. The highest BCUT2D eigenvalue weighted by Crippen LogP contribution is 2.24. The average molecular weight is 389 g/mol. The normalized spacial score (nSPS) is 13.3. The van der Waals surface area contributed by atoms with E-state index in [2.05, 4.69) is 4.98 Å². The SMILES string of the molecule is O=C(Cn1cnc2c(oc3ccccc32)c1=O)ON1C(=O)c2ccccc2C1=O. The van der Waals surface area contributed by atoms with E-state index in [4.69, 9.17) is 9.25 Å². The number of rotatable bonds is 3. The molecule has 0 unspecified atom stereocenters. The van der Waals surface area contributed by atoms with E-state index in [1.807, 2.05) is 0 Å². The number of hydrogen-bond acceptors (Lipinski definition) is 7. The highest BCUT2D eigenvalue weighted by Gasteiger charge is 2.38. The Morgan fingerprint density at radius 2 is 1.62 bits per heavy atom. The second-order valence-electron chi connectivity index (χ2n) is 6.37. The van der Waals surface area contributed by atoms with Gasteiger partial charge in [-0.2, -0.15) is 0 Å². The molecule has 3 heterocycles. The van der Waals surface area contributed by atoms with Gasteiger partial charge in [-0.05, 0) is 24.3 Å². The van der Waals surface area contributed by atoms with Crippen LogP contribution < -0.4 is 5.56 Å². The van der Waals surface area contributed by atoms with E-state index in [0.29, 0.717) is 21.5 Å². The van der Waals surface area contributed by atoms with Crippen LogP contribution in [0.4, 0.5) is 0 Å². The molecule has 0 aliphatic carbocycles. The van der Waals surface area contributed by atoms with Crippen LogP contribution in [0.5, 0.6) is 0 Å². The molecule has 2 aromatic heterocycles. The molecular weight excluding hydrogens is 378 g/mol. The van der Waals surface area contributed by atoms with Crippen molar-refractivity contribution in [1.29, 1.82) is 0 Å². The third-order valence-corrected chi connectivity index (χ3v) is 4.60. The Balaban J connectivity index is 1.42. The summed E-state index contributed by atoms with van der Waals surface area (Å²) in [7, 11) is 0. The maximum absolute atomic E-state index is 12.7. The van der Waals surface area contributed by atoms with E-state index in [9.17, 15) is 19.2 Å². The van der Waals surface area contributed by atoms with E-state index in [-0.39, 0.29) is 16.7 Å². The summed E-state index contributed by atoms with van der Waals surface area (Å²) in [5, 5.41) is 1.07. The third kappa shape index (κ3) is 2.52. The molecule has 0 fully saturated rings. The van der Waals surface area contributed by atoms with Crippen molar-refractivity contribution in [1.82, 2.24) is 14.6 Å². The number of carbonyl (C=O) groups is 3. The number of hydrogen-bond donors (Lipinski definition) is 0. The van der Waals surface area contributed by atoms with Crippen molar-refractivity contribution in [2.45, 2.75) is 6.54 Å². The minimum atomic E-state index is -0.973. The molecule has 1 aliphatic rings. The topological polar surface area (TPSA) is 112 Å². The first-order chi connectivity index (χ1) is 14.0. The van der Waals surface area contributed by atoms with Gasteiger partial charge < -0.3 is 9.25 Å². The molecule has 0 spiro atoms. The Labute approximate surface area is 161 Å². The van der Waals surface area contributed by atoms with E-state index < -0.39 is 29.9 Å². The van der Waals surface area contributed by atoms with E-state index in [0.717, 1.165) is 4.57 Å².